The average Bonchev–Trinajstić information content (AvgIpc) is 2.80. The molecule has 1 aliphatic carbocycles. The third-order valence-electron chi connectivity index (χ3n) is 6.44. The molecule has 1 N–H and O–H groups in total. The molecule has 2 unspecified atom stereocenters. The summed E-state index contributed by atoms with van der Waals surface area (Å²) in [6, 6.07) is 8.76. The molecule has 3 amide bonds. The minimum atomic E-state index is -0.634. The van der Waals surface area contributed by atoms with Crippen LogP contribution in [0.15, 0.2) is 30.3 Å². The number of carbonyl (C=O) groups is 3. The summed E-state index contributed by atoms with van der Waals surface area (Å²) in [7, 11) is 0. The van der Waals surface area contributed by atoms with Crippen LogP contribution in [0.4, 0.5) is 9.59 Å². The van der Waals surface area contributed by atoms with E-state index in [-0.39, 0.29) is 30.6 Å². The predicted molar refractivity (Wildman–Crippen MR) is 129 cm³/mol. The van der Waals surface area contributed by atoms with E-state index in [4.69, 9.17) is 9.47 Å². The molecule has 0 bridgehead atoms. The summed E-state index contributed by atoms with van der Waals surface area (Å²) in [6.07, 6.45) is 4.15. The van der Waals surface area contributed by atoms with Gasteiger partial charge in [0.15, 0.2) is 0 Å². The van der Waals surface area contributed by atoms with Gasteiger partial charge in [-0.25, -0.2) is 9.59 Å². The molecule has 0 radical (unpaired) electrons. The maximum absolute atomic E-state index is 13.6. The molecule has 2 fully saturated rings. The second-order valence-electron chi connectivity index (χ2n) is 10.4. The zero-order valence-electron chi connectivity index (χ0n) is 20.9. The van der Waals surface area contributed by atoms with E-state index in [1.54, 1.807) is 9.80 Å². The SMILES string of the molecule is CC1CN(C(=O)C(NC(=O)OC(C)(C)C)C2CCCCC2)CCN1C(=O)OCc1ccccc1. The number of carbonyl (C=O) groups excluding carboxylic acids is 3. The Labute approximate surface area is 202 Å². The number of piperazine rings is 1. The summed E-state index contributed by atoms with van der Waals surface area (Å²) >= 11 is 0. The fourth-order valence-electron chi connectivity index (χ4n) is 4.71. The first kappa shape index (κ1) is 25.8. The van der Waals surface area contributed by atoms with Crippen molar-refractivity contribution in [3.8, 4) is 0 Å². The first-order chi connectivity index (χ1) is 16.1. The van der Waals surface area contributed by atoms with Gasteiger partial charge in [0, 0.05) is 25.7 Å². The Morgan fingerprint density at radius 3 is 2.35 bits per heavy atom. The Morgan fingerprint density at radius 2 is 1.74 bits per heavy atom. The van der Waals surface area contributed by atoms with Crippen molar-refractivity contribution in [2.45, 2.75) is 84.1 Å². The second-order valence-corrected chi connectivity index (χ2v) is 10.4. The number of amides is 3. The van der Waals surface area contributed by atoms with Gasteiger partial charge in [0.2, 0.25) is 5.91 Å². The Balaban J connectivity index is 1.60. The van der Waals surface area contributed by atoms with E-state index in [0.29, 0.717) is 19.6 Å². The van der Waals surface area contributed by atoms with Crippen LogP contribution in [0.3, 0.4) is 0 Å². The van der Waals surface area contributed by atoms with Gasteiger partial charge in [-0.15, -0.1) is 0 Å². The lowest BCUT2D eigenvalue weighted by Crippen LogP contribution is -2.60. The van der Waals surface area contributed by atoms with Crippen LogP contribution in [-0.4, -0.2) is 65.2 Å². The molecule has 1 aliphatic heterocycles. The molecular weight excluding hydrogens is 434 g/mol. The molecule has 2 aliphatic rings. The van der Waals surface area contributed by atoms with Crippen molar-refractivity contribution in [2.75, 3.05) is 19.6 Å². The van der Waals surface area contributed by atoms with Crippen molar-refractivity contribution in [3.63, 3.8) is 0 Å². The number of nitrogens with one attached hydrogen (secondary N) is 1. The molecule has 1 heterocycles. The Hall–Kier alpha value is -2.77. The zero-order chi connectivity index (χ0) is 24.7. The molecule has 0 aromatic heterocycles. The molecule has 1 aromatic carbocycles. The van der Waals surface area contributed by atoms with Crippen molar-refractivity contribution in [3.05, 3.63) is 35.9 Å². The average molecular weight is 474 g/mol. The van der Waals surface area contributed by atoms with Crippen LogP contribution in [-0.2, 0) is 20.9 Å². The lowest BCUT2D eigenvalue weighted by molar-refractivity contribution is -0.138. The molecule has 8 nitrogen and oxygen atoms in total. The van der Waals surface area contributed by atoms with E-state index in [1.807, 2.05) is 58.0 Å². The Bertz CT molecular complexity index is 833. The smallest absolute Gasteiger partial charge is 0.410 e. The monoisotopic (exact) mass is 473 g/mol. The topological polar surface area (TPSA) is 88.2 Å². The number of alkyl carbamates (subject to hydrolysis) is 1. The molecule has 0 spiro atoms. The van der Waals surface area contributed by atoms with Crippen LogP contribution < -0.4 is 5.32 Å². The summed E-state index contributed by atoms with van der Waals surface area (Å²) in [5.74, 6) is -0.000135. The molecule has 1 aromatic rings. The highest BCUT2D eigenvalue weighted by Gasteiger charge is 2.38. The van der Waals surface area contributed by atoms with E-state index >= 15 is 0 Å². The first-order valence-corrected chi connectivity index (χ1v) is 12.4. The standard InChI is InChI=1S/C26H39N3O5/c1-19-17-28(15-16-29(19)25(32)33-18-20-11-7-5-8-12-20)23(30)22(21-13-9-6-10-14-21)27-24(31)34-26(2,3)4/h5,7-8,11-12,19,21-22H,6,9-10,13-18H2,1-4H3,(H,27,31). The van der Waals surface area contributed by atoms with E-state index < -0.39 is 17.7 Å². The van der Waals surface area contributed by atoms with E-state index in [2.05, 4.69) is 5.32 Å². The van der Waals surface area contributed by atoms with Gasteiger partial charge >= 0.3 is 12.2 Å². The third kappa shape index (κ3) is 7.37. The van der Waals surface area contributed by atoms with Crippen molar-refractivity contribution >= 4 is 18.1 Å². The molecule has 3 rings (SSSR count). The van der Waals surface area contributed by atoms with Gasteiger partial charge in [-0.3, -0.25) is 4.79 Å². The number of benzene rings is 1. The van der Waals surface area contributed by atoms with Gasteiger partial charge in [0.1, 0.15) is 18.2 Å². The maximum Gasteiger partial charge on any atom is 0.410 e. The lowest BCUT2D eigenvalue weighted by Gasteiger charge is -2.41. The zero-order valence-corrected chi connectivity index (χ0v) is 20.9. The number of ether oxygens (including phenoxy) is 2. The highest BCUT2D eigenvalue weighted by atomic mass is 16.6. The summed E-state index contributed by atoms with van der Waals surface area (Å²) in [4.78, 5) is 42.2. The van der Waals surface area contributed by atoms with Gasteiger partial charge in [0.05, 0.1) is 0 Å². The maximum atomic E-state index is 13.6. The predicted octanol–water partition coefficient (Wildman–Crippen LogP) is 4.33. The van der Waals surface area contributed by atoms with Gasteiger partial charge in [-0.2, -0.15) is 0 Å². The molecule has 1 saturated carbocycles. The summed E-state index contributed by atoms with van der Waals surface area (Å²) in [5, 5.41) is 2.87. The largest absolute Gasteiger partial charge is 0.445 e. The molecule has 34 heavy (non-hydrogen) atoms. The molecule has 8 heteroatoms. The highest BCUT2D eigenvalue weighted by Crippen LogP contribution is 2.28. The van der Waals surface area contributed by atoms with E-state index in [1.165, 1.54) is 0 Å². The molecule has 188 valence electrons. The first-order valence-electron chi connectivity index (χ1n) is 12.4. The number of hydrogen-bond acceptors (Lipinski definition) is 5. The Kier molecular flexibility index (Phi) is 8.80. The van der Waals surface area contributed by atoms with E-state index in [9.17, 15) is 14.4 Å². The van der Waals surface area contributed by atoms with Crippen LogP contribution in [0.5, 0.6) is 0 Å². The number of nitrogens with zero attached hydrogens (tertiary/aromatic N) is 2. The number of rotatable bonds is 5. The second kappa shape index (κ2) is 11.6. The van der Waals surface area contributed by atoms with Crippen molar-refractivity contribution in [1.82, 2.24) is 15.1 Å². The molecular formula is C26H39N3O5. The number of hydrogen-bond donors (Lipinski definition) is 1. The van der Waals surface area contributed by atoms with Gasteiger partial charge in [0.25, 0.3) is 0 Å². The minimum Gasteiger partial charge on any atom is -0.445 e. The van der Waals surface area contributed by atoms with Crippen LogP contribution in [0, 0.1) is 5.92 Å². The minimum absolute atomic E-state index is 0.0953. The van der Waals surface area contributed by atoms with Crippen LogP contribution in [0.1, 0.15) is 65.4 Å². The Morgan fingerprint density at radius 1 is 1.06 bits per heavy atom. The van der Waals surface area contributed by atoms with Crippen LogP contribution >= 0.6 is 0 Å². The summed E-state index contributed by atoms with van der Waals surface area (Å²) in [6.45, 7) is 8.76. The molecule has 2 atom stereocenters. The third-order valence-corrected chi connectivity index (χ3v) is 6.44. The fraction of sp³-hybridized carbons (Fsp3) is 0.654. The van der Waals surface area contributed by atoms with Crippen molar-refractivity contribution in [2.24, 2.45) is 5.92 Å². The van der Waals surface area contributed by atoms with Gasteiger partial charge in [-0.1, -0.05) is 49.6 Å². The van der Waals surface area contributed by atoms with Crippen molar-refractivity contribution in [1.29, 1.82) is 0 Å². The fourth-order valence-corrected chi connectivity index (χ4v) is 4.71. The normalized spacial score (nSPS) is 20.4. The molecule has 1 saturated heterocycles. The van der Waals surface area contributed by atoms with Gasteiger partial charge < -0.3 is 24.6 Å². The summed E-state index contributed by atoms with van der Waals surface area (Å²) < 4.78 is 10.9. The van der Waals surface area contributed by atoms with Crippen molar-refractivity contribution < 1.29 is 23.9 Å². The summed E-state index contributed by atoms with van der Waals surface area (Å²) in [5.41, 5.74) is 0.297. The quantitative estimate of drug-likeness (QED) is 0.688. The van der Waals surface area contributed by atoms with E-state index in [0.717, 1.165) is 37.7 Å². The van der Waals surface area contributed by atoms with Crippen LogP contribution in [0.2, 0.25) is 0 Å². The highest BCUT2D eigenvalue weighted by molar-refractivity contribution is 5.86. The van der Waals surface area contributed by atoms with Crippen LogP contribution in [0.25, 0.3) is 0 Å². The van der Waals surface area contributed by atoms with Gasteiger partial charge in [-0.05, 0) is 52.0 Å². The lowest BCUT2D eigenvalue weighted by atomic mass is 9.83.